The van der Waals surface area contributed by atoms with Crippen molar-refractivity contribution < 1.29 is 14.6 Å². The van der Waals surface area contributed by atoms with Crippen LogP contribution in [0.3, 0.4) is 0 Å². The Balaban J connectivity index is 1.98. The number of piperidine rings is 1. The van der Waals surface area contributed by atoms with Crippen LogP contribution in [0.4, 0.5) is 0 Å². The van der Waals surface area contributed by atoms with Crippen LogP contribution in [0.5, 0.6) is 0 Å². The highest BCUT2D eigenvalue weighted by atomic mass is 16.5. The molecule has 16 heavy (non-hydrogen) atoms. The number of hydrogen-bond donors (Lipinski definition) is 1. The molecular formula is C12H21NO3. The van der Waals surface area contributed by atoms with Crippen LogP contribution in [0.15, 0.2) is 0 Å². The van der Waals surface area contributed by atoms with Crippen molar-refractivity contribution in [2.45, 2.75) is 38.6 Å². The molecule has 0 aliphatic carbocycles. The van der Waals surface area contributed by atoms with Crippen molar-refractivity contribution in [3.05, 3.63) is 0 Å². The molecule has 0 amide bonds. The third-order valence-electron chi connectivity index (χ3n) is 3.95. The van der Waals surface area contributed by atoms with Crippen molar-refractivity contribution in [3.63, 3.8) is 0 Å². The molecule has 0 aromatic heterocycles. The Labute approximate surface area is 96.6 Å². The fourth-order valence-corrected chi connectivity index (χ4v) is 2.82. The van der Waals surface area contributed by atoms with Crippen LogP contribution in [0.1, 0.15) is 32.6 Å². The van der Waals surface area contributed by atoms with E-state index < -0.39 is 11.4 Å². The Hall–Kier alpha value is -0.610. The highest BCUT2D eigenvalue weighted by molar-refractivity contribution is 5.74. The standard InChI is InChI=1S/C12H21NO3/c1-12(11(14)15)5-2-6-13(9-12)10-3-7-16-8-4-10/h10H,2-9H2,1H3,(H,14,15). The average molecular weight is 227 g/mol. The number of hydrogen-bond acceptors (Lipinski definition) is 3. The Bertz CT molecular complexity index is 263. The van der Waals surface area contributed by atoms with E-state index in [0.717, 1.165) is 45.4 Å². The second kappa shape index (κ2) is 4.72. The third-order valence-corrected chi connectivity index (χ3v) is 3.95. The number of carboxylic acids is 1. The van der Waals surface area contributed by atoms with Crippen LogP contribution in [-0.2, 0) is 9.53 Å². The number of nitrogens with zero attached hydrogens (tertiary/aromatic N) is 1. The van der Waals surface area contributed by atoms with E-state index in [4.69, 9.17) is 4.74 Å². The molecule has 4 heteroatoms. The van der Waals surface area contributed by atoms with Gasteiger partial charge in [-0.3, -0.25) is 9.69 Å². The molecule has 0 aromatic rings. The Morgan fingerprint density at radius 3 is 2.75 bits per heavy atom. The molecule has 0 spiro atoms. The molecule has 2 aliphatic rings. The van der Waals surface area contributed by atoms with E-state index in [-0.39, 0.29) is 0 Å². The van der Waals surface area contributed by atoms with Gasteiger partial charge in [0.2, 0.25) is 0 Å². The second-order valence-corrected chi connectivity index (χ2v) is 5.28. The first kappa shape index (κ1) is 11.9. The molecule has 0 radical (unpaired) electrons. The smallest absolute Gasteiger partial charge is 0.310 e. The summed E-state index contributed by atoms with van der Waals surface area (Å²) >= 11 is 0. The summed E-state index contributed by atoms with van der Waals surface area (Å²) in [6.07, 6.45) is 3.91. The fourth-order valence-electron chi connectivity index (χ4n) is 2.82. The molecule has 2 rings (SSSR count). The van der Waals surface area contributed by atoms with Gasteiger partial charge in [-0.1, -0.05) is 0 Å². The lowest BCUT2D eigenvalue weighted by molar-refractivity contribution is -0.152. The predicted octanol–water partition coefficient (Wildman–Crippen LogP) is 1.35. The first-order valence-corrected chi connectivity index (χ1v) is 6.17. The highest BCUT2D eigenvalue weighted by Gasteiger charge is 2.39. The molecule has 0 saturated carbocycles. The van der Waals surface area contributed by atoms with Crippen LogP contribution >= 0.6 is 0 Å². The van der Waals surface area contributed by atoms with Gasteiger partial charge < -0.3 is 9.84 Å². The maximum Gasteiger partial charge on any atom is 0.310 e. The lowest BCUT2D eigenvalue weighted by atomic mass is 9.81. The van der Waals surface area contributed by atoms with Gasteiger partial charge in [-0.05, 0) is 39.2 Å². The SMILES string of the molecule is CC1(C(=O)O)CCCN(C2CCOCC2)C1. The van der Waals surface area contributed by atoms with E-state index >= 15 is 0 Å². The van der Waals surface area contributed by atoms with Crippen molar-refractivity contribution in [3.8, 4) is 0 Å². The van der Waals surface area contributed by atoms with Crippen LogP contribution in [0.2, 0.25) is 0 Å². The Kier molecular flexibility index (Phi) is 3.50. The van der Waals surface area contributed by atoms with Gasteiger partial charge in [0.15, 0.2) is 0 Å². The molecule has 92 valence electrons. The summed E-state index contributed by atoms with van der Waals surface area (Å²) in [7, 11) is 0. The molecule has 2 heterocycles. The minimum atomic E-state index is -0.649. The van der Waals surface area contributed by atoms with Crippen LogP contribution in [-0.4, -0.2) is 48.3 Å². The maximum atomic E-state index is 11.3. The topological polar surface area (TPSA) is 49.8 Å². The average Bonchev–Trinajstić information content (AvgIpc) is 2.30. The molecule has 1 N–H and O–H groups in total. The minimum absolute atomic E-state index is 0.535. The lowest BCUT2D eigenvalue weighted by Crippen LogP contribution is -2.51. The number of rotatable bonds is 2. The van der Waals surface area contributed by atoms with E-state index in [1.807, 2.05) is 6.92 Å². The van der Waals surface area contributed by atoms with Gasteiger partial charge in [-0.15, -0.1) is 0 Å². The quantitative estimate of drug-likeness (QED) is 0.773. The van der Waals surface area contributed by atoms with Gasteiger partial charge in [0.05, 0.1) is 5.41 Å². The molecule has 2 aliphatic heterocycles. The fraction of sp³-hybridized carbons (Fsp3) is 0.917. The molecular weight excluding hydrogens is 206 g/mol. The van der Waals surface area contributed by atoms with Crippen LogP contribution in [0, 0.1) is 5.41 Å². The molecule has 1 unspecified atom stereocenters. The van der Waals surface area contributed by atoms with E-state index in [1.165, 1.54) is 0 Å². The molecule has 0 aromatic carbocycles. The van der Waals surface area contributed by atoms with E-state index in [2.05, 4.69) is 4.90 Å². The van der Waals surface area contributed by atoms with Gasteiger partial charge in [-0.25, -0.2) is 0 Å². The monoisotopic (exact) mass is 227 g/mol. The molecule has 1 atom stereocenters. The zero-order chi connectivity index (χ0) is 11.6. The van der Waals surface area contributed by atoms with E-state index in [0.29, 0.717) is 12.6 Å². The summed E-state index contributed by atoms with van der Waals surface area (Å²) in [5.41, 5.74) is -0.545. The number of carbonyl (C=O) groups is 1. The van der Waals surface area contributed by atoms with Crippen molar-refractivity contribution in [2.24, 2.45) is 5.41 Å². The van der Waals surface area contributed by atoms with Gasteiger partial charge in [0.1, 0.15) is 0 Å². The summed E-state index contributed by atoms with van der Waals surface area (Å²) in [4.78, 5) is 13.6. The van der Waals surface area contributed by atoms with E-state index in [9.17, 15) is 9.90 Å². The van der Waals surface area contributed by atoms with Gasteiger partial charge >= 0.3 is 5.97 Å². The minimum Gasteiger partial charge on any atom is -0.481 e. The number of aliphatic carboxylic acids is 1. The third kappa shape index (κ3) is 2.38. The van der Waals surface area contributed by atoms with E-state index in [1.54, 1.807) is 0 Å². The summed E-state index contributed by atoms with van der Waals surface area (Å²) in [5.74, 6) is -0.649. The summed E-state index contributed by atoms with van der Waals surface area (Å²) in [6, 6.07) is 0.535. The summed E-state index contributed by atoms with van der Waals surface area (Å²) < 4.78 is 5.35. The zero-order valence-corrected chi connectivity index (χ0v) is 9.95. The zero-order valence-electron chi connectivity index (χ0n) is 9.95. The Morgan fingerprint density at radius 1 is 1.44 bits per heavy atom. The first-order valence-electron chi connectivity index (χ1n) is 6.17. The van der Waals surface area contributed by atoms with Crippen molar-refractivity contribution >= 4 is 5.97 Å². The van der Waals surface area contributed by atoms with Crippen molar-refractivity contribution in [2.75, 3.05) is 26.3 Å². The van der Waals surface area contributed by atoms with Crippen LogP contribution in [0.25, 0.3) is 0 Å². The highest BCUT2D eigenvalue weighted by Crippen LogP contribution is 2.32. The van der Waals surface area contributed by atoms with Crippen LogP contribution < -0.4 is 0 Å². The largest absolute Gasteiger partial charge is 0.481 e. The molecule has 4 nitrogen and oxygen atoms in total. The number of carboxylic acid groups (broad SMARTS) is 1. The van der Waals surface area contributed by atoms with Crippen molar-refractivity contribution in [1.29, 1.82) is 0 Å². The summed E-state index contributed by atoms with van der Waals surface area (Å²) in [6.45, 7) is 5.28. The first-order chi connectivity index (χ1) is 7.62. The van der Waals surface area contributed by atoms with Gasteiger partial charge in [0.25, 0.3) is 0 Å². The molecule has 0 bridgehead atoms. The lowest BCUT2D eigenvalue weighted by Gasteiger charge is -2.42. The van der Waals surface area contributed by atoms with Crippen molar-refractivity contribution in [1.82, 2.24) is 4.90 Å². The molecule has 2 saturated heterocycles. The van der Waals surface area contributed by atoms with Gasteiger partial charge in [0, 0.05) is 25.8 Å². The summed E-state index contributed by atoms with van der Waals surface area (Å²) in [5, 5.41) is 9.26. The Morgan fingerprint density at radius 2 is 2.12 bits per heavy atom. The van der Waals surface area contributed by atoms with Gasteiger partial charge in [-0.2, -0.15) is 0 Å². The predicted molar refractivity (Wildman–Crippen MR) is 60.4 cm³/mol. The number of likely N-dealkylation sites (tertiary alicyclic amines) is 1. The molecule has 2 fully saturated rings. The normalized spacial score (nSPS) is 33.8. The number of ether oxygens (including phenoxy) is 1. The second-order valence-electron chi connectivity index (χ2n) is 5.28. The maximum absolute atomic E-state index is 11.3.